The van der Waals surface area contributed by atoms with Gasteiger partial charge in [0.15, 0.2) is 6.17 Å². The molecule has 1 aromatic carbocycles. The number of hydrogen-bond acceptors (Lipinski definition) is 3. The number of carbonyl (C=O) groups excluding carboxylic acids is 1. The number of alkyl halides is 1. The number of carbonyl (C=O) groups is 1. The van der Waals surface area contributed by atoms with Crippen molar-refractivity contribution in [3.8, 4) is 0 Å². The van der Waals surface area contributed by atoms with Gasteiger partial charge in [-0.15, -0.1) is 0 Å². The van der Waals surface area contributed by atoms with Gasteiger partial charge in [0, 0.05) is 17.3 Å². The highest BCUT2D eigenvalue weighted by Crippen LogP contribution is 2.40. The van der Waals surface area contributed by atoms with Crippen LogP contribution in [0.2, 0.25) is 0 Å². The highest BCUT2D eigenvalue weighted by atomic mass is 19.1. The maximum atomic E-state index is 13.9. The molecule has 1 aromatic rings. The summed E-state index contributed by atoms with van der Waals surface area (Å²) in [6.45, 7) is 7.86. The fraction of sp³-hybridized carbons (Fsp3) is 0.500. The maximum absolute atomic E-state index is 13.9. The molecule has 0 aromatic heterocycles. The largest absolute Gasteiger partial charge is 0.323 e. The minimum Gasteiger partial charge on any atom is -0.323 e. The van der Waals surface area contributed by atoms with E-state index in [4.69, 9.17) is 5.73 Å². The summed E-state index contributed by atoms with van der Waals surface area (Å²) in [5.74, 6) is -0.367. The number of nitrogens with two attached hydrogens (primary N) is 1. The lowest BCUT2D eigenvalue weighted by Gasteiger charge is -2.35. The molecule has 136 valence electrons. The Kier molecular flexibility index (Phi) is 6.11. The van der Waals surface area contributed by atoms with Crippen LogP contribution in [0.5, 0.6) is 0 Å². The highest BCUT2D eigenvalue weighted by Gasteiger charge is 2.35. The monoisotopic (exact) mass is 345 g/mol. The zero-order valence-corrected chi connectivity index (χ0v) is 15.5. The standard InChI is InChI=1S/C20H28FN3O/c1-5-20(11-16(21)10-9-15(20)4)12-23-18(22)19(25)24-17-13(2)7-6-8-14(17)3/h6-9,12,16,18H,5,10-11,22H2,1-4H3,(H,24,25)/t16?,18?,20-/m1/s1. The van der Waals surface area contributed by atoms with E-state index < -0.39 is 17.8 Å². The van der Waals surface area contributed by atoms with E-state index in [0.717, 1.165) is 28.8 Å². The lowest BCUT2D eigenvalue weighted by atomic mass is 9.71. The smallest absolute Gasteiger partial charge is 0.263 e. The molecule has 0 fully saturated rings. The molecular formula is C20H28FN3O. The molecule has 5 heteroatoms. The number of aryl methyl sites for hydroxylation is 2. The minimum absolute atomic E-state index is 0.367. The summed E-state index contributed by atoms with van der Waals surface area (Å²) >= 11 is 0. The van der Waals surface area contributed by atoms with E-state index >= 15 is 0 Å². The number of aliphatic imine (C=N–C) groups is 1. The number of benzene rings is 1. The van der Waals surface area contributed by atoms with Gasteiger partial charge in [-0.3, -0.25) is 9.79 Å². The third-order valence-corrected chi connectivity index (χ3v) is 5.16. The van der Waals surface area contributed by atoms with Crippen molar-refractivity contribution < 1.29 is 9.18 Å². The topological polar surface area (TPSA) is 67.5 Å². The number of para-hydroxylation sites is 1. The van der Waals surface area contributed by atoms with Gasteiger partial charge in [0.25, 0.3) is 5.91 Å². The number of anilines is 1. The zero-order chi connectivity index (χ0) is 18.6. The first-order valence-corrected chi connectivity index (χ1v) is 8.77. The van der Waals surface area contributed by atoms with E-state index in [-0.39, 0.29) is 5.91 Å². The first-order chi connectivity index (χ1) is 11.8. The van der Waals surface area contributed by atoms with Crippen LogP contribution in [0.4, 0.5) is 10.1 Å². The Balaban J connectivity index is 2.13. The molecule has 4 nitrogen and oxygen atoms in total. The maximum Gasteiger partial charge on any atom is 0.263 e. The number of nitrogens with one attached hydrogen (secondary N) is 1. The van der Waals surface area contributed by atoms with Gasteiger partial charge in [-0.05, 0) is 51.2 Å². The Labute approximate surface area is 149 Å². The fourth-order valence-corrected chi connectivity index (χ4v) is 3.32. The summed E-state index contributed by atoms with van der Waals surface area (Å²) in [6, 6.07) is 5.80. The first-order valence-electron chi connectivity index (χ1n) is 8.77. The third kappa shape index (κ3) is 4.34. The van der Waals surface area contributed by atoms with Crippen LogP contribution in [-0.4, -0.2) is 24.5 Å². The second kappa shape index (κ2) is 7.91. The summed E-state index contributed by atoms with van der Waals surface area (Å²) in [6.07, 6.45) is 3.27. The van der Waals surface area contributed by atoms with Gasteiger partial charge >= 0.3 is 0 Å². The quantitative estimate of drug-likeness (QED) is 0.624. The minimum atomic E-state index is -1.02. The van der Waals surface area contributed by atoms with Crippen LogP contribution in [0.15, 0.2) is 34.8 Å². The molecule has 3 N–H and O–H groups in total. The molecule has 1 aliphatic rings. The van der Waals surface area contributed by atoms with Crippen molar-refractivity contribution in [1.29, 1.82) is 0 Å². The number of amides is 1. The van der Waals surface area contributed by atoms with Gasteiger partial charge in [-0.2, -0.15) is 0 Å². The lowest BCUT2D eigenvalue weighted by molar-refractivity contribution is -0.117. The van der Waals surface area contributed by atoms with E-state index in [1.165, 1.54) is 0 Å². The van der Waals surface area contributed by atoms with Crippen molar-refractivity contribution in [2.45, 2.75) is 59.3 Å². The Bertz CT molecular complexity index is 678. The van der Waals surface area contributed by atoms with E-state index in [0.29, 0.717) is 12.8 Å². The molecule has 0 saturated heterocycles. The van der Waals surface area contributed by atoms with Crippen molar-refractivity contribution in [2.24, 2.45) is 16.1 Å². The molecule has 1 amide bonds. The molecule has 3 atom stereocenters. The van der Waals surface area contributed by atoms with Crippen molar-refractivity contribution in [3.05, 3.63) is 41.0 Å². The summed E-state index contributed by atoms with van der Waals surface area (Å²) in [5.41, 5.74) is 9.31. The van der Waals surface area contributed by atoms with Crippen LogP contribution < -0.4 is 11.1 Å². The average Bonchev–Trinajstić information content (AvgIpc) is 2.58. The second-order valence-electron chi connectivity index (χ2n) is 6.91. The molecule has 0 saturated carbocycles. The number of nitrogens with zero attached hydrogens (tertiary/aromatic N) is 1. The fourth-order valence-electron chi connectivity index (χ4n) is 3.32. The van der Waals surface area contributed by atoms with Crippen molar-refractivity contribution in [1.82, 2.24) is 0 Å². The lowest BCUT2D eigenvalue weighted by Crippen LogP contribution is -2.37. The van der Waals surface area contributed by atoms with Crippen molar-refractivity contribution >= 4 is 17.8 Å². The molecular weight excluding hydrogens is 317 g/mol. The van der Waals surface area contributed by atoms with Crippen molar-refractivity contribution in [2.75, 3.05) is 5.32 Å². The van der Waals surface area contributed by atoms with Crippen LogP contribution >= 0.6 is 0 Å². The Morgan fingerprint density at radius 3 is 2.68 bits per heavy atom. The molecule has 2 unspecified atom stereocenters. The van der Waals surface area contributed by atoms with Gasteiger partial charge in [0.2, 0.25) is 0 Å². The Morgan fingerprint density at radius 2 is 2.08 bits per heavy atom. The number of halogens is 1. The average molecular weight is 345 g/mol. The van der Waals surface area contributed by atoms with E-state index in [1.807, 2.05) is 52.0 Å². The SMILES string of the molecule is CC[C@]1(C=NC(N)C(=O)Nc2c(C)cccc2C)CC(F)CC=C1C. The van der Waals surface area contributed by atoms with Crippen LogP contribution in [0.3, 0.4) is 0 Å². The number of allylic oxidation sites excluding steroid dienone is 2. The summed E-state index contributed by atoms with van der Waals surface area (Å²) in [5, 5.41) is 2.85. The van der Waals surface area contributed by atoms with Crippen LogP contribution in [-0.2, 0) is 4.79 Å². The predicted octanol–water partition coefficient (Wildman–Crippen LogP) is 4.07. The Hall–Kier alpha value is -2.01. The molecule has 0 bridgehead atoms. The van der Waals surface area contributed by atoms with E-state index in [9.17, 15) is 9.18 Å². The van der Waals surface area contributed by atoms with Gasteiger partial charge in [0.1, 0.15) is 6.17 Å². The van der Waals surface area contributed by atoms with Crippen LogP contribution in [0.1, 0.15) is 44.2 Å². The van der Waals surface area contributed by atoms with Crippen LogP contribution in [0.25, 0.3) is 0 Å². The predicted molar refractivity (Wildman–Crippen MR) is 102 cm³/mol. The number of rotatable bonds is 5. The summed E-state index contributed by atoms with van der Waals surface area (Å²) in [7, 11) is 0. The second-order valence-corrected chi connectivity index (χ2v) is 6.91. The Morgan fingerprint density at radius 1 is 1.44 bits per heavy atom. The van der Waals surface area contributed by atoms with Crippen molar-refractivity contribution in [3.63, 3.8) is 0 Å². The number of hydrogen-bond donors (Lipinski definition) is 2. The highest BCUT2D eigenvalue weighted by molar-refractivity contribution is 5.96. The molecule has 1 aliphatic carbocycles. The van der Waals surface area contributed by atoms with Crippen LogP contribution in [0, 0.1) is 19.3 Å². The van der Waals surface area contributed by atoms with Gasteiger partial charge < -0.3 is 11.1 Å². The summed E-state index contributed by atoms with van der Waals surface area (Å²) < 4.78 is 13.9. The van der Waals surface area contributed by atoms with Gasteiger partial charge in [-0.1, -0.05) is 36.8 Å². The molecule has 0 heterocycles. The summed E-state index contributed by atoms with van der Waals surface area (Å²) in [4.78, 5) is 16.7. The molecule has 25 heavy (non-hydrogen) atoms. The molecule has 0 spiro atoms. The van der Waals surface area contributed by atoms with E-state index in [2.05, 4.69) is 10.3 Å². The molecule has 0 aliphatic heterocycles. The normalized spacial score (nSPS) is 24.9. The zero-order valence-electron chi connectivity index (χ0n) is 15.5. The van der Waals surface area contributed by atoms with Gasteiger partial charge in [0.05, 0.1) is 0 Å². The first kappa shape index (κ1) is 19.3. The molecule has 0 radical (unpaired) electrons. The van der Waals surface area contributed by atoms with Gasteiger partial charge in [-0.25, -0.2) is 4.39 Å². The van der Waals surface area contributed by atoms with E-state index in [1.54, 1.807) is 6.21 Å². The third-order valence-electron chi connectivity index (χ3n) is 5.16. The molecule has 2 rings (SSSR count).